The molecule has 5 rings (SSSR count). The van der Waals surface area contributed by atoms with Crippen LogP contribution in [-0.4, -0.2) is 48.1 Å². The van der Waals surface area contributed by atoms with Crippen LogP contribution >= 0.6 is 0 Å². The highest BCUT2D eigenvalue weighted by atomic mass is 16.5. The summed E-state index contributed by atoms with van der Waals surface area (Å²) >= 11 is 0. The maximum Gasteiger partial charge on any atom is 0.270 e. The summed E-state index contributed by atoms with van der Waals surface area (Å²) < 4.78 is 6.14. The standard InChI is InChI=1S/C28H27N3O2/c32-28(26-15-14-22-10-4-6-12-25(22)30-26)29-23-16-17-31(20-23)18-19-33-27-13-7-5-11-24(27)21-8-2-1-3-9-21/h1-15,23H,16-20H2,(H,29,32). The van der Waals surface area contributed by atoms with Crippen LogP contribution in [0.15, 0.2) is 91.0 Å². The predicted octanol–water partition coefficient (Wildman–Crippen LogP) is 4.78. The van der Waals surface area contributed by atoms with Crippen molar-refractivity contribution in [3.05, 3.63) is 96.7 Å². The van der Waals surface area contributed by atoms with Gasteiger partial charge in [0.15, 0.2) is 0 Å². The molecule has 2 heterocycles. The normalized spacial score (nSPS) is 16.1. The van der Waals surface area contributed by atoms with Gasteiger partial charge in [0.2, 0.25) is 0 Å². The van der Waals surface area contributed by atoms with Crippen LogP contribution in [0, 0.1) is 0 Å². The van der Waals surface area contributed by atoms with Crippen LogP contribution < -0.4 is 10.1 Å². The Balaban J connectivity index is 1.13. The van der Waals surface area contributed by atoms with Crippen LogP contribution in [0.25, 0.3) is 22.0 Å². The van der Waals surface area contributed by atoms with Crippen LogP contribution in [0.2, 0.25) is 0 Å². The first-order chi connectivity index (χ1) is 16.3. The topological polar surface area (TPSA) is 54.5 Å². The summed E-state index contributed by atoms with van der Waals surface area (Å²) in [6.45, 7) is 3.20. The van der Waals surface area contributed by atoms with Gasteiger partial charge in [-0.1, -0.05) is 72.8 Å². The highest BCUT2D eigenvalue weighted by Gasteiger charge is 2.24. The first-order valence-corrected chi connectivity index (χ1v) is 11.4. The average Bonchev–Trinajstić information content (AvgIpc) is 3.31. The molecular weight excluding hydrogens is 410 g/mol. The monoisotopic (exact) mass is 437 g/mol. The van der Waals surface area contributed by atoms with Gasteiger partial charge >= 0.3 is 0 Å². The minimum absolute atomic E-state index is 0.111. The van der Waals surface area contributed by atoms with Crippen molar-refractivity contribution >= 4 is 16.8 Å². The Hall–Kier alpha value is -3.70. The van der Waals surface area contributed by atoms with E-state index in [1.54, 1.807) is 6.07 Å². The van der Waals surface area contributed by atoms with Crippen LogP contribution in [0.3, 0.4) is 0 Å². The molecule has 166 valence electrons. The molecule has 1 atom stereocenters. The van der Waals surface area contributed by atoms with Crippen molar-refractivity contribution in [3.8, 4) is 16.9 Å². The molecule has 33 heavy (non-hydrogen) atoms. The van der Waals surface area contributed by atoms with Crippen molar-refractivity contribution in [2.24, 2.45) is 0 Å². The van der Waals surface area contributed by atoms with Crippen LogP contribution in [-0.2, 0) is 0 Å². The lowest BCUT2D eigenvalue weighted by molar-refractivity contribution is 0.0932. The molecule has 0 saturated carbocycles. The van der Waals surface area contributed by atoms with Gasteiger partial charge in [-0.15, -0.1) is 0 Å². The van der Waals surface area contributed by atoms with E-state index in [2.05, 4.69) is 33.4 Å². The lowest BCUT2D eigenvalue weighted by Gasteiger charge is -2.18. The van der Waals surface area contributed by atoms with E-state index >= 15 is 0 Å². The number of rotatable bonds is 7. The lowest BCUT2D eigenvalue weighted by atomic mass is 10.1. The Morgan fingerprint density at radius 1 is 0.939 bits per heavy atom. The number of hydrogen-bond acceptors (Lipinski definition) is 4. The Morgan fingerprint density at radius 3 is 2.64 bits per heavy atom. The number of fused-ring (bicyclic) bond motifs is 1. The van der Waals surface area contributed by atoms with E-state index in [0.29, 0.717) is 12.3 Å². The largest absolute Gasteiger partial charge is 0.492 e. The average molecular weight is 438 g/mol. The SMILES string of the molecule is O=C(NC1CCN(CCOc2ccccc2-c2ccccc2)C1)c1ccc2ccccc2n1. The summed E-state index contributed by atoms with van der Waals surface area (Å²) in [6, 6.07) is 30.2. The number of likely N-dealkylation sites (tertiary alicyclic amines) is 1. The van der Waals surface area contributed by atoms with Gasteiger partial charge < -0.3 is 10.1 Å². The molecule has 1 aliphatic heterocycles. The number of carbonyl (C=O) groups is 1. The number of para-hydroxylation sites is 2. The van der Waals surface area contributed by atoms with Crippen molar-refractivity contribution in [2.75, 3.05) is 26.2 Å². The minimum atomic E-state index is -0.111. The molecular formula is C28H27N3O2. The van der Waals surface area contributed by atoms with Gasteiger partial charge in [0.05, 0.1) is 5.52 Å². The van der Waals surface area contributed by atoms with E-state index in [4.69, 9.17) is 4.74 Å². The third-order valence-electron chi connectivity index (χ3n) is 6.08. The summed E-state index contributed by atoms with van der Waals surface area (Å²) in [5.74, 6) is 0.788. The fraction of sp³-hybridized carbons (Fsp3) is 0.214. The summed E-state index contributed by atoms with van der Waals surface area (Å²) in [7, 11) is 0. The molecule has 1 N–H and O–H groups in total. The molecule has 1 unspecified atom stereocenters. The molecule has 0 spiro atoms. The molecule has 0 aliphatic carbocycles. The number of hydrogen-bond donors (Lipinski definition) is 1. The molecule has 5 heteroatoms. The fourth-order valence-electron chi connectivity index (χ4n) is 4.34. The number of ether oxygens (including phenoxy) is 1. The van der Waals surface area contributed by atoms with Gasteiger partial charge in [-0.3, -0.25) is 9.69 Å². The Labute approximate surface area is 194 Å². The summed E-state index contributed by atoms with van der Waals surface area (Å²) in [5, 5.41) is 4.18. The van der Waals surface area contributed by atoms with Crippen molar-refractivity contribution in [3.63, 3.8) is 0 Å². The molecule has 1 saturated heterocycles. The lowest BCUT2D eigenvalue weighted by Crippen LogP contribution is -2.38. The zero-order chi connectivity index (χ0) is 22.5. The van der Waals surface area contributed by atoms with Gasteiger partial charge in [0, 0.05) is 36.6 Å². The summed E-state index contributed by atoms with van der Waals surface area (Å²) in [6.07, 6.45) is 0.930. The number of benzene rings is 3. The van der Waals surface area contributed by atoms with Gasteiger partial charge in [0.25, 0.3) is 5.91 Å². The quantitative estimate of drug-likeness (QED) is 0.452. The number of amides is 1. The van der Waals surface area contributed by atoms with E-state index in [-0.39, 0.29) is 11.9 Å². The molecule has 0 bridgehead atoms. The second kappa shape index (κ2) is 9.84. The van der Waals surface area contributed by atoms with Crippen LogP contribution in [0.5, 0.6) is 5.75 Å². The number of pyridine rings is 1. The molecule has 5 nitrogen and oxygen atoms in total. The molecule has 1 aliphatic rings. The maximum atomic E-state index is 12.7. The molecule has 3 aromatic carbocycles. The van der Waals surface area contributed by atoms with E-state index in [9.17, 15) is 4.79 Å². The predicted molar refractivity (Wildman–Crippen MR) is 131 cm³/mol. The van der Waals surface area contributed by atoms with Gasteiger partial charge in [-0.2, -0.15) is 0 Å². The zero-order valence-electron chi connectivity index (χ0n) is 18.5. The van der Waals surface area contributed by atoms with Crippen molar-refractivity contribution in [1.29, 1.82) is 0 Å². The van der Waals surface area contributed by atoms with E-state index in [0.717, 1.165) is 53.8 Å². The van der Waals surface area contributed by atoms with Crippen molar-refractivity contribution < 1.29 is 9.53 Å². The fourth-order valence-corrected chi connectivity index (χ4v) is 4.34. The summed E-state index contributed by atoms with van der Waals surface area (Å²) in [4.78, 5) is 19.5. The van der Waals surface area contributed by atoms with Crippen LogP contribution in [0.1, 0.15) is 16.9 Å². The molecule has 4 aromatic rings. The molecule has 1 aromatic heterocycles. The van der Waals surface area contributed by atoms with Gasteiger partial charge in [-0.25, -0.2) is 4.98 Å². The van der Waals surface area contributed by atoms with E-state index in [1.165, 1.54) is 0 Å². The Morgan fingerprint density at radius 2 is 1.73 bits per heavy atom. The Bertz CT molecular complexity index is 1240. The zero-order valence-corrected chi connectivity index (χ0v) is 18.5. The highest BCUT2D eigenvalue weighted by molar-refractivity contribution is 5.95. The summed E-state index contributed by atoms with van der Waals surface area (Å²) in [5.41, 5.74) is 3.56. The van der Waals surface area contributed by atoms with Crippen molar-refractivity contribution in [2.45, 2.75) is 12.5 Å². The molecule has 1 fully saturated rings. The highest BCUT2D eigenvalue weighted by Crippen LogP contribution is 2.29. The molecule has 0 radical (unpaired) electrons. The third-order valence-corrected chi connectivity index (χ3v) is 6.08. The number of aromatic nitrogens is 1. The van der Waals surface area contributed by atoms with E-state index < -0.39 is 0 Å². The number of nitrogens with one attached hydrogen (secondary N) is 1. The minimum Gasteiger partial charge on any atom is -0.492 e. The smallest absolute Gasteiger partial charge is 0.270 e. The van der Waals surface area contributed by atoms with Gasteiger partial charge in [0.1, 0.15) is 18.1 Å². The number of nitrogens with zero attached hydrogens (tertiary/aromatic N) is 2. The maximum absolute atomic E-state index is 12.7. The van der Waals surface area contributed by atoms with E-state index in [1.807, 2.05) is 66.7 Å². The second-order valence-electron chi connectivity index (χ2n) is 8.36. The van der Waals surface area contributed by atoms with Crippen LogP contribution in [0.4, 0.5) is 0 Å². The first kappa shape index (κ1) is 21.2. The third kappa shape index (κ3) is 5.04. The first-order valence-electron chi connectivity index (χ1n) is 11.4. The van der Waals surface area contributed by atoms with Gasteiger partial charge in [-0.05, 0) is 30.2 Å². The Kier molecular flexibility index (Phi) is 6.31. The molecule has 1 amide bonds. The number of carbonyl (C=O) groups excluding carboxylic acids is 1. The second-order valence-corrected chi connectivity index (χ2v) is 8.36. The van der Waals surface area contributed by atoms with Crippen molar-refractivity contribution in [1.82, 2.24) is 15.2 Å².